The van der Waals surface area contributed by atoms with Gasteiger partial charge in [0.2, 0.25) is 0 Å². The summed E-state index contributed by atoms with van der Waals surface area (Å²) in [5, 5.41) is 2.16. The third kappa shape index (κ3) is 3.01. The summed E-state index contributed by atoms with van der Waals surface area (Å²) in [5.41, 5.74) is 10.4. The molecule has 0 saturated heterocycles. The summed E-state index contributed by atoms with van der Waals surface area (Å²) < 4.78 is 1.16. The van der Waals surface area contributed by atoms with Crippen molar-refractivity contribution >= 4 is 38.6 Å². The Morgan fingerprint density at radius 1 is 1.35 bits per heavy atom. The Morgan fingerprint density at radius 2 is 2.12 bits per heavy atom. The zero-order chi connectivity index (χ0) is 12.4. The van der Waals surface area contributed by atoms with E-state index in [2.05, 4.69) is 58.4 Å². The van der Waals surface area contributed by atoms with Crippen molar-refractivity contribution in [2.24, 2.45) is 0 Å². The summed E-state index contributed by atoms with van der Waals surface area (Å²) in [4.78, 5) is 2.17. The standard InChI is InChI=1S/C13H15BrN2S/c1-9-3-4-12(11(15)5-9)16(2)7-10-6-13(14)17-8-10/h3-6,8H,7,15H2,1-2H3. The molecule has 0 aliphatic carbocycles. The predicted octanol–water partition coefficient (Wildman–Crippen LogP) is 4.04. The number of aryl methyl sites for hydroxylation is 1. The largest absolute Gasteiger partial charge is 0.397 e. The van der Waals surface area contributed by atoms with Gasteiger partial charge in [0.15, 0.2) is 0 Å². The van der Waals surface area contributed by atoms with E-state index in [-0.39, 0.29) is 0 Å². The van der Waals surface area contributed by atoms with Crippen molar-refractivity contribution in [3.05, 3.63) is 44.6 Å². The number of hydrogen-bond acceptors (Lipinski definition) is 3. The topological polar surface area (TPSA) is 29.3 Å². The van der Waals surface area contributed by atoms with E-state index in [0.29, 0.717) is 0 Å². The zero-order valence-electron chi connectivity index (χ0n) is 9.90. The molecule has 0 radical (unpaired) electrons. The second kappa shape index (κ2) is 5.10. The summed E-state index contributed by atoms with van der Waals surface area (Å²) in [7, 11) is 2.06. The van der Waals surface area contributed by atoms with Gasteiger partial charge in [0.05, 0.1) is 15.2 Å². The Kier molecular flexibility index (Phi) is 3.74. The van der Waals surface area contributed by atoms with Crippen molar-refractivity contribution in [2.45, 2.75) is 13.5 Å². The number of hydrogen-bond donors (Lipinski definition) is 1. The summed E-state index contributed by atoms with van der Waals surface area (Å²) in [6, 6.07) is 8.32. The summed E-state index contributed by atoms with van der Waals surface area (Å²) in [5.74, 6) is 0. The first-order chi connectivity index (χ1) is 8.06. The van der Waals surface area contributed by atoms with Gasteiger partial charge < -0.3 is 10.6 Å². The molecule has 0 amide bonds. The van der Waals surface area contributed by atoms with Gasteiger partial charge >= 0.3 is 0 Å². The maximum absolute atomic E-state index is 6.03. The molecule has 0 bridgehead atoms. The molecule has 0 atom stereocenters. The van der Waals surface area contributed by atoms with E-state index >= 15 is 0 Å². The van der Waals surface area contributed by atoms with Crippen LogP contribution in [0, 0.1) is 6.92 Å². The van der Waals surface area contributed by atoms with Crippen molar-refractivity contribution in [3.63, 3.8) is 0 Å². The number of halogens is 1. The molecule has 2 N–H and O–H groups in total. The fourth-order valence-electron chi connectivity index (χ4n) is 1.81. The molecule has 90 valence electrons. The van der Waals surface area contributed by atoms with E-state index in [9.17, 15) is 0 Å². The maximum atomic E-state index is 6.03. The Balaban J connectivity index is 2.17. The lowest BCUT2D eigenvalue weighted by Gasteiger charge is -2.20. The van der Waals surface area contributed by atoms with Crippen molar-refractivity contribution in [1.82, 2.24) is 0 Å². The highest BCUT2D eigenvalue weighted by Crippen LogP contribution is 2.27. The van der Waals surface area contributed by atoms with Crippen LogP contribution in [0.3, 0.4) is 0 Å². The second-order valence-corrected chi connectivity index (χ2v) is 6.47. The lowest BCUT2D eigenvalue weighted by Crippen LogP contribution is -2.17. The molecule has 1 aromatic heterocycles. The molecule has 17 heavy (non-hydrogen) atoms. The lowest BCUT2D eigenvalue weighted by atomic mass is 10.1. The second-order valence-electron chi connectivity index (χ2n) is 4.18. The number of anilines is 2. The number of rotatable bonds is 3. The summed E-state index contributed by atoms with van der Waals surface area (Å²) in [6.07, 6.45) is 0. The van der Waals surface area contributed by atoms with Crippen LogP contribution in [0.2, 0.25) is 0 Å². The van der Waals surface area contributed by atoms with E-state index in [1.807, 2.05) is 6.07 Å². The van der Waals surface area contributed by atoms with Gasteiger partial charge in [-0.2, -0.15) is 0 Å². The smallest absolute Gasteiger partial charge is 0.0701 e. The van der Waals surface area contributed by atoms with Crippen LogP contribution < -0.4 is 10.6 Å². The first kappa shape index (κ1) is 12.5. The van der Waals surface area contributed by atoms with Gasteiger partial charge in [-0.1, -0.05) is 6.07 Å². The molecule has 0 saturated carbocycles. The van der Waals surface area contributed by atoms with Crippen molar-refractivity contribution < 1.29 is 0 Å². The maximum Gasteiger partial charge on any atom is 0.0701 e. The SMILES string of the molecule is Cc1ccc(N(C)Cc2csc(Br)c2)c(N)c1. The highest BCUT2D eigenvalue weighted by molar-refractivity contribution is 9.11. The minimum atomic E-state index is 0.835. The Hall–Kier alpha value is -1.00. The van der Waals surface area contributed by atoms with Gasteiger partial charge in [-0.15, -0.1) is 11.3 Å². The molecule has 2 rings (SSSR count). The van der Waals surface area contributed by atoms with Crippen LogP contribution in [0.15, 0.2) is 33.4 Å². The molecule has 0 aliphatic rings. The van der Waals surface area contributed by atoms with Crippen molar-refractivity contribution in [1.29, 1.82) is 0 Å². The third-order valence-electron chi connectivity index (χ3n) is 2.64. The van der Waals surface area contributed by atoms with Crippen LogP contribution in [0.1, 0.15) is 11.1 Å². The normalized spacial score (nSPS) is 10.5. The molecule has 1 aromatic carbocycles. The minimum Gasteiger partial charge on any atom is -0.397 e. The number of nitrogens with zero attached hydrogens (tertiary/aromatic N) is 1. The van der Waals surface area contributed by atoms with Gasteiger partial charge in [0, 0.05) is 13.6 Å². The van der Waals surface area contributed by atoms with Crippen molar-refractivity contribution in [2.75, 3.05) is 17.7 Å². The van der Waals surface area contributed by atoms with E-state index in [1.54, 1.807) is 11.3 Å². The quantitative estimate of drug-likeness (QED) is 0.867. The van der Waals surface area contributed by atoms with Gasteiger partial charge in [-0.05, 0) is 57.6 Å². The first-order valence-corrected chi connectivity index (χ1v) is 7.03. The fourth-order valence-corrected chi connectivity index (χ4v) is 3.01. The molecule has 0 unspecified atom stereocenters. The van der Waals surface area contributed by atoms with Crippen LogP contribution >= 0.6 is 27.3 Å². The first-order valence-electron chi connectivity index (χ1n) is 5.36. The number of nitrogens with two attached hydrogens (primary N) is 1. The van der Waals surface area contributed by atoms with Crippen LogP contribution in [-0.4, -0.2) is 7.05 Å². The molecule has 0 aliphatic heterocycles. The van der Waals surface area contributed by atoms with Crippen LogP contribution in [0.5, 0.6) is 0 Å². The molecule has 0 spiro atoms. The zero-order valence-corrected chi connectivity index (χ0v) is 12.3. The van der Waals surface area contributed by atoms with E-state index in [1.165, 1.54) is 11.1 Å². The number of benzene rings is 1. The molecular weight excluding hydrogens is 296 g/mol. The van der Waals surface area contributed by atoms with Gasteiger partial charge in [0.1, 0.15) is 0 Å². The molecular formula is C13H15BrN2S. The van der Waals surface area contributed by atoms with Gasteiger partial charge in [-0.3, -0.25) is 0 Å². The van der Waals surface area contributed by atoms with Gasteiger partial charge in [0.25, 0.3) is 0 Å². The lowest BCUT2D eigenvalue weighted by molar-refractivity contribution is 0.928. The third-order valence-corrected chi connectivity index (χ3v) is 4.19. The average Bonchev–Trinajstić information content (AvgIpc) is 2.63. The van der Waals surface area contributed by atoms with E-state index < -0.39 is 0 Å². The highest BCUT2D eigenvalue weighted by Gasteiger charge is 2.07. The highest BCUT2D eigenvalue weighted by atomic mass is 79.9. The van der Waals surface area contributed by atoms with Crippen molar-refractivity contribution in [3.8, 4) is 0 Å². The molecule has 2 aromatic rings. The minimum absolute atomic E-state index is 0.835. The van der Waals surface area contributed by atoms with Gasteiger partial charge in [-0.25, -0.2) is 0 Å². The Bertz CT molecular complexity index is 522. The van der Waals surface area contributed by atoms with Crippen LogP contribution in [-0.2, 0) is 6.54 Å². The molecule has 4 heteroatoms. The summed E-state index contributed by atoms with van der Waals surface area (Å²) >= 11 is 5.18. The van der Waals surface area contributed by atoms with Crippen LogP contribution in [0.25, 0.3) is 0 Å². The predicted molar refractivity (Wildman–Crippen MR) is 79.7 cm³/mol. The Morgan fingerprint density at radius 3 is 2.71 bits per heavy atom. The fraction of sp³-hybridized carbons (Fsp3) is 0.231. The molecule has 2 nitrogen and oxygen atoms in total. The average molecular weight is 311 g/mol. The number of thiophene rings is 1. The Labute approximate surface area is 114 Å². The summed E-state index contributed by atoms with van der Waals surface area (Å²) in [6.45, 7) is 2.92. The molecule has 0 fully saturated rings. The van der Waals surface area contributed by atoms with E-state index in [0.717, 1.165) is 21.7 Å². The number of nitrogen functional groups attached to an aromatic ring is 1. The van der Waals surface area contributed by atoms with E-state index in [4.69, 9.17) is 5.73 Å². The monoisotopic (exact) mass is 310 g/mol. The van der Waals surface area contributed by atoms with Crippen LogP contribution in [0.4, 0.5) is 11.4 Å². The molecule has 1 heterocycles.